The average Bonchev–Trinajstić information content (AvgIpc) is 3.00. The molecule has 0 aliphatic rings. The Morgan fingerprint density at radius 1 is 1.08 bits per heavy atom. The lowest BCUT2D eigenvalue weighted by Crippen LogP contribution is -2.40. The Bertz CT molecular complexity index is 1270. The molecule has 0 spiro atoms. The van der Waals surface area contributed by atoms with Gasteiger partial charge in [0.25, 0.3) is 0 Å². The molecule has 9 nitrogen and oxygen atoms in total. The third-order valence-corrected chi connectivity index (χ3v) is 5.26. The van der Waals surface area contributed by atoms with Crippen LogP contribution in [0.4, 0.5) is 19.1 Å². The van der Waals surface area contributed by atoms with E-state index in [2.05, 4.69) is 10.2 Å². The molecule has 0 saturated carbocycles. The third-order valence-electron chi connectivity index (χ3n) is 5.06. The molecule has 0 saturated heterocycles. The molecular weight excluding hydrogens is 503 g/mol. The van der Waals surface area contributed by atoms with Crippen LogP contribution in [-0.2, 0) is 22.2 Å². The van der Waals surface area contributed by atoms with Crippen molar-refractivity contribution in [3.05, 3.63) is 46.1 Å². The molecule has 3 rings (SSSR count). The number of alkyl halides is 3. The van der Waals surface area contributed by atoms with Gasteiger partial charge in [-0.3, -0.25) is 4.79 Å². The predicted molar refractivity (Wildman–Crippen MR) is 124 cm³/mol. The lowest BCUT2D eigenvalue weighted by molar-refractivity contribution is -0.714. The number of carbonyl (C=O) groups is 2. The summed E-state index contributed by atoms with van der Waals surface area (Å²) in [5.74, 6) is -2.76. The van der Waals surface area contributed by atoms with Crippen molar-refractivity contribution in [3.8, 4) is 5.75 Å². The van der Waals surface area contributed by atoms with Crippen molar-refractivity contribution in [1.82, 2.24) is 14.7 Å². The Labute approximate surface area is 210 Å². The van der Waals surface area contributed by atoms with Crippen LogP contribution in [0.25, 0.3) is 5.65 Å². The van der Waals surface area contributed by atoms with Crippen molar-refractivity contribution in [1.29, 1.82) is 0 Å². The van der Waals surface area contributed by atoms with Gasteiger partial charge in [-0.15, -0.1) is 4.68 Å². The number of aromatic hydroxyl groups is 1. The SMILES string of the molecule is CC(C)(C)c1cc(C(=O)C[n+]2nc(N)n3nc(Cl)ccc32)cc(C(C)(C)C)c1O.O=C([O-])C(F)(F)F. The summed E-state index contributed by atoms with van der Waals surface area (Å²) in [4.78, 5) is 21.9. The van der Waals surface area contributed by atoms with E-state index in [4.69, 9.17) is 27.2 Å². The van der Waals surface area contributed by atoms with Crippen LogP contribution in [0, 0.1) is 0 Å². The zero-order valence-electron chi connectivity index (χ0n) is 20.6. The number of benzene rings is 1. The second kappa shape index (κ2) is 9.92. The lowest BCUT2D eigenvalue weighted by atomic mass is 9.78. The molecule has 0 unspecified atom stereocenters. The molecule has 0 fully saturated rings. The van der Waals surface area contributed by atoms with Crippen LogP contribution >= 0.6 is 11.6 Å². The smallest absolute Gasteiger partial charge is 0.430 e. The van der Waals surface area contributed by atoms with E-state index >= 15 is 0 Å². The second-order valence-corrected chi connectivity index (χ2v) is 10.5. The Balaban J connectivity index is 0.000000572. The van der Waals surface area contributed by atoms with E-state index in [1.54, 1.807) is 24.3 Å². The number of halogens is 4. The summed E-state index contributed by atoms with van der Waals surface area (Å²) < 4.78 is 34.4. The predicted octanol–water partition coefficient (Wildman–Crippen LogP) is 2.73. The first-order valence-corrected chi connectivity index (χ1v) is 11.0. The van der Waals surface area contributed by atoms with Crippen molar-refractivity contribution in [2.45, 2.75) is 65.1 Å². The summed E-state index contributed by atoms with van der Waals surface area (Å²) in [6.45, 7) is 12.1. The molecule has 13 heteroatoms. The molecule has 0 amide bonds. The summed E-state index contributed by atoms with van der Waals surface area (Å²) >= 11 is 5.92. The topological polar surface area (TPSA) is 138 Å². The van der Waals surface area contributed by atoms with E-state index in [0.29, 0.717) is 11.2 Å². The van der Waals surface area contributed by atoms with Gasteiger partial charge >= 0.3 is 17.8 Å². The number of carboxylic acid groups (broad SMARTS) is 1. The Hall–Kier alpha value is -3.41. The first-order chi connectivity index (χ1) is 16.2. The van der Waals surface area contributed by atoms with Crippen molar-refractivity contribution < 1.29 is 37.7 Å². The molecule has 36 heavy (non-hydrogen) atoms. The molecular formula is C23H27ClF3N5O4. The highest BCUT2D eigenvalue weighted by Crippen LogP contribution is 2.39. The number of nitrogens with two attached hydrogens (primary N) is 1. The van der Waals surface area contributed by atoms with Crippen molar-refractivity contribution in [2.24, 2.45) is 0 Å². The zero-order chi connectivity index (χ0) is 27.8. The Morgan fingerprint density at radius 3 is 1.97 bits per heavy atom. The molecule has 0 bridgehead atoms. The number of hydrogen-bond acceptors (Lipinski definition) is 7. The standard InChI is InChI=1S/C21H26ClN5O2.C2HF3O2/c1-20(2,3)13-9-12(10-14(18(13)29)21(4,5)6)15(28)11-26-17-8-7-16(22)24-27(17)19(23)25-26;3-2(4,5)1(6)7/h7-10H,11H2,1-6H3,(H2-,23,24,25,28,29);(H,6,7). The maximum absolute atomic E-state index is 13.2. The van der Waals surface area contributed by atoms with Crippen LogP contribution in [0.5, 0.6) is 5.75 Å². The van der Waals surface area contributed by atoms with Gasteiger partial charge in [-0.05, 0) is 34.1 Å². The molecule has 0 radical (unpaired) electrons. The van der Waals surface area contributed by atoms with Gasteiger partial charge in [0.2, 0.25) is 5.78 Å². The van der Waals surface area contributed by atoms with Crippen LogP contribution in [-0.4, -0.2) is 37.7 Å². The largest absolute Gasteiger partial charge is 0.542 e. The normalized spacial score (nSPS) is 12.3. The molecule has 3 aromatic rings. The van der Waals surface area contributed by atoms with Crippen LogP contribution in [0.3, 0.4) is 0 Å². The zero-order valence-corrected chi connectivity index (χ0v) is 21.3. The van der Waals surface area contributed by atoms with Gasteiger partial charge in [-0.1, -0.05) is 62.8 Å². The number of nitrogen functional groups attached to an aromatic ring is 1. The molecule has 196 valence electrons. The van der Waals surface area contributed by atoms with Gasteiger partial charge in [0.05, 0.1) is 0 Å². The summed E-state index contributed by atoms with van der Waals surface area (Å²) in [6, 6.07) is 6.87. The number of Topliss-reactive ketones (excluding diaryl/α,β-unsaturated/α-hetero) is 1. The highest BCUT2D eigenvalue weighted by molar-refractivity contribution is 6.29. The quantitative estimate of drug-likeness (QED) is 0.393. The Kier molecular flexibility index (Phi) is 7.94. The summed E-state index contributed by atoms with van der Waals surface area (Å²) in [5.41, 5.74) is 7.82. The molecule has 0 aliphatic carbocycles. The van der Waals surface area contributed by atoms with Gasteiger partial charge in [0.15, 0.2) is 11.7 Å². The van der Waals surface area contributed by atoms with Crippen molar-refractivity contribution in [3.63, 3.8) is 0 Å². The highest BCUT2D eigenvalue weighted by atomic mass is 35.5. The van der Waals surface area contributed by atoms with Crippen molar-refractivity contribution in [2.75, 3.05) is 5.73 Å². The van der Waals surface area contributed by atoms with Gasteiger partial charge in [-0.25, -0.2) is 0 Å². The number of phenols is 1. The number of ketones is 1. The maximum Gasteiger partial charge on any atom is 0.430 e. The van der Waals surface area contributed by atoms with E-state index in [-0.39, 0.29) is 40.0 Å². The van der Waals surface area contributed by atoms with E-state index < -0.39 is 12.1 Å². The van der Waals surface area contributed by atoms with E-state index in [1.807, 2.05) is 41.5 Å². The average molecular weight is 530 g/mol. The van der Waals surface area contributed by atoms with Crippen LogP contribution in [0.1, 0.15) is 63.0 Å². The van der Waals surface area contributed by atoms with Crippen LogP contribution < -0.4 is 15.5 Å². The summed E-state index contributed by atoms with van der Waals surface area (Å²) in [5, 5.41) is 28.3. The number of fused-ring (bicyclic) bond motifs is 1. The first-order valence-electron chi connectivity index (χ1n) is 10.6. The number of rotatable bonds is 3. The second-order valence-electron chi connectivity index (χ2n) is 10.1. The number of anilines is 1. The third kappa shape index (κ3) is 6.62. The van der Waals surface area contributed by atoms with Gasteiger partial charge < -0.3 is 20.7 Å². The molecule has 0 aliphatic heterocycles. The minimum atomic E-state index is -5.19. The van der Waals surface area contributed by atoms with Crippen LogP contribution in [0.2, 0.25) is 5.15 Å². The number of carboxylic acids is 1. The van der Waals surface area contributed by atoms with E-state index in [0.717, 1.165) is 11.1 Å². The Morgan fingerprint density at radius 2 is 1.56 bits per heavy atom. The van der Waals surface area contributed by atoms with Gasteiger partial charge in [0, 0.05) is 22.8 Å². The lowest BCUT2D eigenvalue weighted by Gasteiger charge is -2.28. The number of phenolic OH excluding ortho intramolecular Hbond substituents is 1. The van der Waals surface area contributed by atoms with Crippen molar-refractivity contribution >= 4 is 34.9 Å². The molecule has 2 aromatic heterocycles. The fourth-order valence-electron chi connectivity index (χ4n) is 3.26. The minimum absolute atomic E-state index is 0.0120. The number of carbonyl (C=O) groups excluding carboxylic acids is 2. The molecule has 1 aromatic carbocycles. The molecule has 0 atom stereocenters. The van der Waals surface area contributed by atoms with E-state index in [1.165, 1.54) is 9.20 Å². The van der Waals surface area contributed by atoms with Crippen LogP contribution in [0.15, 0.2) is 24.3 Å². The fourth-order valence-corrected chi connectivity index (χ4v) is 3.40. The number of aromatic nitrogens is 4. The maximum atomic E-state index is 13.2. The monoisotopic (exact) mass is 529 g/mol. The highest BCUT2D eigenvalue weighted by Gasteiger charge is 2.30. The molecule has 3 N–H and O–H groups in total. The summed E-state index contributed by atoms with van der Waals surface area (Å²) in [7, 11) is 0. The number of aliphatic carboxylic acids is 1. The van der Waals surface area contributed by atoms with Gasteiger partial charge in [-0.2, -0.15) is 13.2 Å². The minimum Gasteiger partial charge on any atom is -0.542 e. The molecule has 2 heterocycles. The fraction of sp³-hybridized carbons (Fsp3) is 0.435. The number of hydrogen-bond donors (Lipinski definition) is 2. The first kappa shape index (κ1) is 28.8. The number of nitrogens with zero attached hydrogens (tertiary/aromatic N) is 4. The summed E-state index contributed by atoms with van der Waals surface area (Å²) in [6.07, 6.45) is -5.19. The van der Waals surface area contributed by atoms with Gasteiger partial charge in [0.1, 0.15) is 11.7 Å². The van der Waals surface area contributed by atoms with E-state index in [9.17, 15) is 23.1 Å².